The third-order valence-electron chi connectivity index (χ3n) is 3.85. The van der Waals surface area contributed by atoms with Gasteiger partial charge in [-0.3, -0.25) is 9.59 Å². The predicted octanol–water partition coefficient (Wildman–Crippen LogP) is 1.55. The van der Waals surface area contributed by atoms with Crippen molar-refractivity contribution in [3.63, 3.8) is 0 Å². The van der Waals surface area contributed by atoms with Gasteiger partial charge in [-0.2, -0.15) is 0 Å². The largest absolute Gasteiger partial charge is 0.481 e. The summed E-state index contributed by atoms with van der Waals surface area (Å²) in [6.45, 7) is 0. The molecule has 0 heterocycles. The minimum Gasteiger partial charge on any atom is -0.481 e. The topological polar surface area (TPSA) is 66.4 Å². The van der Waals surface area contributed by atoms with Crippen LogP contribution in [0.25, 0.3) is 0 Å². The van der Waals surface area contributed by atoms with E-state index in [1.165, 1.54) is 12.8 Å². The molecular weight excluding hydrogens is 206 g/mol. The Balaban J connectivity index is 1.79. The van der Waals surface area contributed by atoms with Crippen LogP contribution in [0.2, 0.25) is 0 Å². The van der Waals surface area contributed by atoms with Crippen LogP contribution in [-0.2, 0) is 9.59 Å². The summed E-state index contributed by atoms with van der Waals surface area (Å²) < 4.78 is 0. The normalized spacial score (nSPS) is 30.5. The quantitative estimate of drug-likeness (QED) is 0.765. The maximum Gasteiger partial charge on any atom is 0.306 e. The summed E-state index contributed by atoms with van der Waals surface area (Å²) in [5.41, 5.74) is 0. The van der Waals surface area contributed by atoms with E-state index in [9.17, 15) is 9.59 Å². The van der Waals surface area contributed by atoms with E-state index in [0.717, 1.165) is 19.3 Å². The van der Waals surface area contributed by atoms with Gasteiger partial charge in [0.25, 0.3) is 0 Å². The first kappa shape index (κ1) is 11.4. The van der Waals surface area contributed by atoms with Crippen molar-refractivity contribution >= 4 is 11.9 Å². The number of carbonyl (C=O) groups excluding carboxylic acids is 1. The van der Waals surface area contributed by atoms with Gasteiger partial charge in [0, 0.05) is 12.0 Å². The van der Waals surface area contributed by atoms with Gasteiger partial charge in [-0.1, -0.05) is 12.8 Å². The van der Waals surface area contributed by atoms with E-state index in [2.05, 4.69) is 5.32 Å². The highest BCUT2D eigenvalue weighted by molar-refractivity contribution is 5.81. The van der Waals surface area contributed by atoms with E-state index >= 15 is 0 Å². The van der Waals surface area contributed by atoms with Gasteiger partial charge in [-0.15, -0.1) is 0 Å². The van der Waals surface area contributed by atoms with E-state index in [0.29, 0.717) is 18.9 Å². The molecule has 0 aromatic rings. The number of carboxylic acids is 1. The van der Waals surface area contributed by atoms with Gasteiger partial charge >= 0.3 is 5.97 Å². The standard InChI is InChI=1S/C12H19NO3/c14-11(13-10-3-1-2-4-10)8-5-6-9(7-8)12(15)16/h8-10H,1-7H2,(H,13,14)(H,15,16)/t8-,9+/m0/s1. The van der Waals surface area contributed by atoms with Crippen molar-refractivity contribution in [3.8, 4) is 0 Å². The van der Waals surface area contributed by atoms with Crippen molar-refractivity contribution in [2.24, 2.45) is 11.8 Å². The second kappa shape index (κ2) is 4.85. The second-order valence-corrected chi connectivity index (χ2v) is 5.04. The van der Waals surface area contributed by atoms with Crippen molar-refractivity contribution in [1.29, 1.82) is 0 Å². The molecule has 0 saturated heterocycles. The molecular formula is C12H19NO3. The molecule has 2 fully saturated rings. The maximum absolute atomic E-state index is 11.9. The van der Waals surface area contributed by atoms with E-state index in [-0.39, 0.29) is 17.7 Å². The second-order valence-electron chi connectivity index (χ2n) is 5.04. The predicted molar refractivity (Wildman–Crippen MR) is 58.9 cm³/mol. The molecule has 0 aliphatic heterocycles. The Labute approximate surface area is 95.4 Å². The van der Waals surface area contributed by atoms with Gasteiger partial charge < -0.3 is 10.4 Å². The van der Waals surface area contributed by atoms with E-state index in [1.54, 1.807) is 0 Å². The lowest BCUT2D eigenvalue weighted by Gasteiger charge is -2.15. The Morgan fingerprint density at radius 1 is 1.00 bits per heavy atom. The molecule has 0 spiro atoms. The monoisotopic (exact) mass is 225 g/mol. The summed E-state index contributed by atoms with van der Waals surface area (Å²) in [7, 11) is 0. The van der Waals surface area contributed by atoms with Gasteiger partial charge in [-0.05, 0) is 32.1 Å². The molecule has 90 valence electrons. The van der Waals surface area contributed by atoms with Crippen LogP contribution >= 0.6 is 0 Å². The fraction of sp³-hybridized carbons (Fsp3) is 0.833. The molecule has 0 radical (unpaired) electrons. The summed E-state index contributed by atoms with van der Waals surface area (Å²) >= 11 is 0. The molecule has 2 N–H and O–H groups in total. The lowest BCUT2D eigenvalue weighted by atomic mass is 10.0. The highest BCUT2D eigenvalue weighted by Crippen LogP contribution is 2.31. The zero-order valence-electron chi connectivity index (χ0n) is 9.45. The molecule has 2 saturated carbocycles. The molecule has 2 rings (SSSR count). The lowest BCUT2D eigenvalue weighted by molar-refractivity contribution is -0.141. The summed E-state index contributed by atoms with van der Waals surface area (Å²) in [5.74, 6) is -1.05. The number of hydrogen-bond acceptors (Lipinski definition) is 2. The van der Waals surface area contributed by atoms with Crippen LogP contribution in [0.15, 0.2) is 0 Å². The number of carbonyl (C=O) groups is 2. The molecule has 2 aliphatic carbocycles. The summed E-state index contributed by atoms with van der Waals surface area (Å²) in [6.07, 6.45) is 6.48. The van der Waals surface area contributed by atoms with Crippen LogP contribution in [0.3, 0.4) is 0 Å². The van der Waals surface area contributed by atoms with Crippen LogP contribution in [0.5, 0.6) is 0 Å². The molecule has 16 heavy (non-hydrogen) atoms. The molecule has 1 amide bonds. The Bertz CT molecular complexity index is 284. The third-order valence-corrected chi connectivity index (χ3v) is 3.85. The van der Waals surface area contributed by atoms with Crippen molar-refractivity contribution in [2.75, 3.05) is 0 Å². The summed E-state index contributed by atoms with van der Waals surface area (Å²) in [4.78, 5) is 22.6. The molecule has 0 aromatic heterocycles. The van der Waals surface area contributed by atoms with Crippen LogP contribution in [0.1, 0.15) is 44.9 Å². The van der Waals surface area contributed by atoms with Crippen molar-refractivity contribution < 1.29 is 14.7 Å². The fourth-order valence-corrected chi connectivity index (χ4v) is 2.83. The average molecular weight is 225 g/mol. The van der Waals surface area contributed by atoms with E-state index < -0.39 is 5.97 Å². The van der Waals surface area contributed by atoms with Gasteiger partial charge in [0.1, 0.15) is 0 Å². The summed E-state index contributed by atoms with van der Waals surface area (Å²) in [5, 5.41) is 11.9. The molecule has 4 heteroatoms. The van der Waals surface area contributed by atoms with Crippen LogP contribution < -0.4 is 5.32 Å². The van der Waals surface area contributed by atoms with Gasteiger partial charge in [0.2, 0.25) is 5.91 Å². The molecule has 0 unspecified atom stereocenters. The Kier molecular flexibility index (Phi) is 3.46. The maximum atomic E-state index is 11.9. The first-order valence-electron chi connectivity index (χ1n) is 6.20. The molecule has 0 aromatic carbocycles. The Morgan fingerprint density at radius 3 is 2.19 bits per heavy atom. The molecule has 4 nitrogen and oxygen atoms in total. The van der Waals surface area contributed by atoms with E-state index in [1.807, 2.05) is 0 Å². The average Bonchev–Trinajstić information content (AvgIpc) is 2.86. The smallest absolute Gasteiger partial charge is 0.306 e. The van der Waals surface area contributed by atoms with Crippen LogP contribution in [0, 0.1) is 11.8 Å². The molecule has 2 aliphatic rings. The fourth-order valence-electron chi connectivity index (χ4n) is 2.83. The molecule has 2 atom stereocenters. The first-order chi connectivity index (χ1) is 7.66. The summed E-state index contributed by atoms with van der Waals surface area (Å²) in [6, 6.07) is 0.344. The first-order valence-corrected chi connectivity index (χ1v) is 6.20. The number of aliphatic carboxylic acids is 1. The number of amides is 1. The zero-order chi connectivity index (χ0) is 11.5. The minimum absolute atomic E-state index is 0.0679. The zero-order valence-corrected chi connectivity index (χ0v) is 9.45. The number of rotatable bonds is 3. The van der Waals surface area contributed by atoms with Gasteiger partial charge in [-0.25, -0.2) is 0 Å². The minimum atomic E-state index is -0.754. The van der Waals surface area contributed by atoms with Crippen molar-refractivity contribution in [1.82, 2.24) is 5.32 Å². The Hall–Kier alpha value is -1.06. The lowest BCUT2D eigenvalue weighted by Crippen LogP contribution is -2.36. The van der Waals surface area contributed by atoms with Crippen molar-refractivity contribution in [3.05, 3.63) is 0 Å². The third kappa shape index (κ3) is 2.54. The Morgan fingerprint density at radius 2 is 1.62 bits per heavy atom. The van der Waals surface area contributed by atoms with Gasteiger partial charge in [0.05, 0.1) is 5.92 Å². The number of carboxylic acid groups (broad SMARTS) is 1. The van der Waals surface area contributed by atoms with Gasteiger partial charge in [0.15, 0.2) is 0 Å². The highest BCUT2D eigenvalue weighted by atomic mass is 16.4. The van der Waals surface area contributed by atoms with Crippen molar-refractivity contribution in [2.45, 2.75) is 51.0 Å². The number of hydrogen-bond donors (Lipinski definition) is 2. The van der Waals surface area contributed by atoms with Crippen LogP contribution in [-0.4, -0.2) is 23.0 Å². The SMILES string of the molecule is O=C(O)[C@@H]1CC[C@H](C(=O)NC2CCCC2)C1. The molecule has 0 bridgehead atoms. The number of nitrogens with one attached hydrogen (secondary N) is 1. The highest BCUT2D eigenvalue weighted by Gasteiger charge is 2.34. The van der Waals surface area contributed by atoms with Crippen LogP contribution in [0.4, 0.5) is 0 Å². The van der Waals surface area contributed by atoms with E-state index in [4.69, 9.17) is 5.11 Å².